The second kappa shape index (κ2) is 4.04. The molecule has 0 fully saturated rings. The molecule has 5 heteroatoms. The van der Waals surface area contributed by atoms with E-state index in [1.54, 1.807) is 10.9 Å². The molecule has 0 radical (unpaired) electrons. The van der Waals surface area contributed by atoms with E-state index < -0.39 is 0 Å². The van der Waals surface area contributed by atoms with Gasteiger partial charge in [-0.2, -0.15) is 5.10 Å². The van der Waals surface area contributed by atoms with Crippen molar-refractivity contribution in [1.29, 1.82) is 0 Å². The fourth-order valence-corrected chi connectivity index (χ4v) is 1.04. The van der Waals surface area contributed by atoms with Gasteiger partial charge in [0.05, 0.1) is 11.8 Å². The lowest BCUT2D eigenvalue weighted by atomic mass is 10.2. The lowest BCUT2D eigenvalue weighted by Crippen LogP contribution is -2.29. The van der Waals surface area contributed by atoms with Crippen molar-refractivity contribution >= 4 is 5.91 Å². The third kappa shape index (κ3) is 2.55. The van der Waals surface area contributed by atoms with Gasteiger partial charge in [-0.05, 0) is 5.92 Å². The SMILES string of the molecule is CC(C)Cn1cc(C(=O)NN)cn1. The molecule has 1 aromatic heterocycles. The molecule has 72 valence electrons. The minimum atomic E-state index is -0.310. The van der Waals surface area contributed by atoms with Crippen LogP contribution in [-0.4, -0.2) is 15.7 Å². The van der Waals surface area contributed by atoms with Gasteiger partial charge in [0, 0.05) is 12.7 Å². The van der Waals surface area contributed by atoms with Crippen molar-refractivity contribution < 1.29 is 4.79 Å². The molecule has 0 aliphatic rings. The van der Waals surface area contributed by atoms with Crippen molar-refractivity contribution in [2.24, 2.45) is 11.8 Å². The van der Waals surface area contributed by atoms with Crippen LogP contribution in [0.3, 0.4) is 0 Å². The number of nitrogens with zero attached hydrogens (tertiary/aromatic N) is 2. The van der Waals surface area contributed by atoms with Gasteiger partial charge in [0.15, 0.2) is 0 Å². The molecule has 0 saturated carbocycles. The van der Waals surface area contributed by atoms with E-state index in [1.165, 1.54) is 6.20 Å². The van der Waals surface area contributed by atoms with E-state index >= 15 is 0 Å². The average molecular weight is 182 g/mol. The lowest BCUT2D eigenvalue weighted by Gasteiger charge is -2.03. The van der Waals surface area contributed by atoms with Crippen molar-refractivity contribution in [2.75, 3.05) is 0 Å². The number of hydrogen-bond acceptors (Lipinski definition) is 3. The first-order valence-corrected chi connectivity index (χ1v) is 4.17. The minimum absolute atomic E-state index is 0.310. The second-order valence-electron chi connectivity index (χ2n) is 3.32. The van der Waals surface area contributed by atoms with Gasteiger partial charge in [0.1, 0.15) is 0 Å². The summed E-state index contributed by atoms with van der Waals surface area (Å²) in [5, 5.41) is 4.03. The third-order valence-corrected chi connectivity index (χ3v) is 1.58. The van der Waals surface area contributed by atoms with Crippen LogP contribution in [0.1, 0.15) is 24.2 Å². The molecular formula is C8H14N4O. The van der Waals surface area contributed by atoms with Gasteiger partial charge in [-0.3, -0.25) is 14.9 Å². The summed E-state index contributed by atoms with van der Waals surface area (Å²) in [6.45, 7) is 4.98. The molecule has 1 heterocycles. The molecule has 0 spiro atoms. The van der Waals surface area contributed by atoms with E-state index in [-0.39, 0.29) is 5.91 Å². The number of hydrogen-bond donors (Lipinski definition) is 2. The number of amides is 1. The first-order chi connectivity index (χ1) is 6.13. The molecule has 3 N–H and O–H groups in total. The normalized spacial score (nSPS) is 10.5. The number of nitrogen functional groups attached to an aromatic ring is 1. The number of nitrogens with one attached hydrogen (secondary N) is 1. The summed E-state index contributed by atoms with van der Waals surface area (Å²) < 4.78 is 1.73. The topological polar surface area (TPSA) is 72.9 Å². The summed E-state index contributed by atoms with van der Waals surface area (Å²) in [6.07, 6.45) is 3.19. The maximum atomic E-state index is 11.0. The molecule has 1 rings (SSSR count). The Labute approximate surface area is 76.9 Å². The summed E-state index contributed by atoms with van der Waals surface area (Å²) in [7, 11) is 0. The summed E-state index contributed by atoms with van der Waals surface area (Å²) in [6, 6.07) is 0. The average Bonchev–Trinajstić information content (AvgIpc) is 2.50. The van der Waals surface area contributed by atoms with Gasteiger partial charge in [0.25, 0.3) is 5.91 Å². The van der Waals surface area contributed by atoms with Crippen molar-refractivity contribution in [3.8, 4) is 0 Å². The minimum Gasteiger partial charge on any atom is -0.290 e. The summed E-state index contributed by atoms with van der Waals surface area (Å²) in [4.78, 5) is 11.0. The lowest BCUT2D eigenvalue weighted by molar-refractivity contribution is 0.0953. The van der Waals surface area contributed by atoms with E-state index in [1.807, 2.05) is 0 Å². The van der Waals surface area contributed by atoms with Crippen molar-refractivity contribution in [2.45, 2.75) is 20.4 Å². The largest absolute Gasteiger partial charge is 0.290 e. The Hall–Kier alpha value is -1.36. The Morgan fingerprint density at radius 1 is 1.77 bits per heavy atom. The Morgan fingerprint density at radius 2 is 2.46 bits per heavy atom. The fraction of sp³-hybridized carbons (Fsp3) is 0.500. The number of nitrogens with two attached hydrogens (primary N) is 1. The summed E-state index contributed by atoms with van der Waals surface area (Å²) >= 11 is 0. The monoisotopic (exact) mass is 182 g/mol. The van der Waals surface area contributed by atoms with E-state index in [0.717, 1.165) is 6.54 Å². The molecule has 0 aromatic carbocycles. The predicted octanol–water partition coefficient (Wildman–Crippen LogP) is 0.143. The van der Waals surface area contributed by atoms with Gasteiger partial charge in [-0.15, -0.1) is 0 Å². The maximum absolute atomic E-state index is 11.0. The Bertz CT molecular complexity index is 292. The van der Waals surface area contributed by atoms with E-state index in [0.29, 0.717) is 11.5 Å². The standard InChI is InChI=1S/C8H14N4O/c1-6(2)4-12-5-7(3-10-12)8(13)11-9/h3,5-6H,4,9H2,1-2H3,(H,11,13). The van der Waals surface area contributed by atoms with Crippen LogP contribution in [0.4, 0.5) is 0 Å². The van der Waals surface area contributed by atoms with Crippen LogP contribution in [0.5, 0.6) is 0 Å². The van der Waals surface area contributed by atoms with Crippen LogP contribution in [0, 0.1) is 5.92 Å². The van der Waals surface area contributed by atoms with Gasteiger partial charge in [0.2, 0.25) is 0 Å². The van der Waals surface area contributed by atoms with Crippen LogP contribution < -0.4 is 11.3 Å². The highest BCUT2D eigenvalue weighted by Gasteiger charge is 2.06. The Balaban J connectivity index is 2.69. The highest BCUT2D eigenvalue weighted by atomic mass is 16.2. The number of hydrazine groups is 1. The molecule has 0 aliphatic carbocycles. The van der Waals surface area contributed by atoms with E-state index in [2.05, 4.69) is 24.4 Å². The zero-order valence-corrected chi connectivity index (χ0v) is 7.82. The van der Waals surface area contributed by atoms with Crippen LogP contribution >= 0.6 is 0 Å². The van der Waals surface area contributed by atoms with Crippen LogP contribution in [0.2, 0.25) is 0 Å². The number of carbonyl (C=O) groups is 1. The Morgan fingerprint density at radius 3 is 3.00 bits per heavy atom. The van der Waals surface area contributed by atoms with E-state index in [4.69, 9.17) is 5.84 Å². The van der Waals surface area contributed by atoms with Crippen molar-refractivity contribution in [1.82, 2.24) is 15.2 Å². The van der Waals surface area contributed by atoms with Crippen molar-refractivity contribution in [3.05, 3.63) is 18.0 Å². The zero-order chi connectivity index (χ0) is 9.84. The Kier molecular flexibility index (Phi) is 3.02. The quantitative estimate of drug-likeness (QED) is 0.397. The molecule has 0 aliphatic heterocycles. The number of carbonyl (C=O) groups excluding carboxylic acids is 1. The highest BCUT2D eigenvalue weighted by molar-refractivity contribution is 5.93. The number of rotatable bonds is 3. The van der Waals surface area contributed by atoms with Crippen LogP contribution in [0.25, 0.3) is 0 Å². The first-order valence-electron chi connectivity index (χ1n) is 4.17. The smallest absolute Gasteiger partial charge is 0.268 e. The fourth-order valence-electron chi connectivity index (χ4n) is 1.04. The van der Waals surface area contributed by atoms with Gasteiger partial charge < -0.3 is 0 Å². The van der Waals surface area contributed by atoms with Gasteiger partial charge >= 0.3 is 0 Å². The molecule has 1 amide bonds. The van der Waals surface area contributed by atoms with Crippen molar-refractivity contribution in [3.63, 3.8) is 0 Å². The third-order valence-electron chi connectivity index (χ3n) is 1.58. The highest BCUT2D eigenvalue weighted by Crippen LogP contribution is 2.01. The van der Waals surface area contributed by atoms with Crippen LogP contribution in [0.15, 0.2) is 12.4 Å². The first kappa shape index (κ1) is 9.73. The zero-order valence-electron chi connectivity index (χ0n) is 7.82. The summed E-state index contributed by atoms with van der Waals surface area (Å²) in [5.74, 6) is 5.18. The summed E-state index contributed by atoms with van der Waals surface area (Å²) in [5.41, 5.74) is 2.54. The molecule has 1 aromatic rings. The van der Waals surface area contributed by atoms with Crippen LogP contribution in [-0.2, 0) is 6.54 Å². The predicted molar refractivity (Wildman–Crippen MR) is 48.7 cm³/mol. The second-order valence-corrected chi connectivity index (χ2v) is 3.32. The molecule has 0 atom stereocenters. The molecule has 0 unspecified atom stereocenters. The molecular weight excluding hydrogens is 168 g/mol. The maximum Gasteiger partial charge on any atom is 0.268 e. The van der Waals surface area contributed by atoms with Gasteiger partial charge in [-0.25, -0.2) is 5.84 Å². The number of aromatic nitrogens is 2. The van der Waals surface area contributed by atoms with E-state index in [9.17, 15) is 4.79 Å². The molecule has 0 bridgehead atoms. The molecule has 5 nitrogen and oxygen atoms in total. The molecule has 13 heavy (non-hydrogen) atoms. The molecule has 0 saturated heterocycles. The van der Waals surface area contributed by atoms with Gasteiger partial charge in [-0.1, -0.05) is 13.8 Å².